The number of nitrogens with one attached hydrogen (secondary N) is 2. The van der Waals surface area contributed by atoms with Gasteiger partial charge in [0.2, 0.25) is 16.8 Å². The number of sulfonamides is 1. The van der Waals surface area contributed by atoms with E-state index in [0.29, 0.717) is 29.2 Å². The molecule has 1 unspecified atom stereocenters. The average Bonchev–Trinajstić information content (AvgIpc) is 3.14. The maximum atomic E-state index is 12.6. The summed E-state index contributed by atoms with van der Waals surface area (Å²) in [6.45, 7) is 5.09. The van der Waals surface area contributed by atoms with Crippen LogP contribution in [0.15, 0.2) is 41.3 Å². The highest BCUT2D eigenvalue weighted by Gasteiger charge is 2.21. The fraction of sp³-hybridized carbons (Fsp3) is 0.300. The average molecular weight is 418 g/mol. The highest BCUT2D eigenvalue weighted by molar-refractivity contribution is 7.89. The van der Waals surface area contributed by atoms with Crippen LogP contribution in [-0.2, 0) is 10.0 Å². The highest BCUT2D eigenvalue weighted by Crippen LogP contribution is 2.37. The Balaban J connectivity index is 1.81. The van der Waals surface area contributed by atoms with E-state index in [-0.39, 0.29) is 29.1 Å². The first-order valence-electron chi connectivity index (χ1n) is 9.09. The van der Waals surface area contributed by atoms with Crippen molar-refractivity contribution in [3.63, 3.8) is 0 Å². The Bertz CT molecular complexity index is 1050. The molecular formula is C20H22N2O6S. The summed E-state index contributed by atoms with van der Waals surface area (Å²) < 4.78 is 37.8. The second-order valence-corrected chi connectivity index (χ2v) is 8.43. The first-order chi connectivity index (χ1) is 13.7. The molecule has 0 fully saturated rings. The number of hydrogen-bond acceptors (Lipinski definition) is 6. The molecule has 0 bridgehead atoms. The Labute approximate surface area is 169 Å². The molecule has 0 saturated carbocycles. The lowest BCUT2D eigenvalue weighted by molar-refractivity contribution is 0.101. The van der Waals surface area contributed by atoms with Crippen molar-refractivity contribution in [1.29, 1.82) is 0 Å². The fourth-order valence-corrected chi connectivity index (χ4v) is 4.06. The number of rotatable bonds is 7. The van der Waals surface area contributed by atoms with Crippen molar-refractivity contribution >= 4 is 27.4 Å². The van der Waals surface area contributed by atoms with Crippen LogP contribution in [0, 0.1) is 0 Å². The van der Waals surface area contributed by atoms with Crippen molar-refractivity contribution in [2.45, 2.75) is 38.1 Å². The Morgan fingerprint density at radius 1 is 1.10 bits per heavy atom. The van der Waals surface area contributed by atoms with Crippen molar-refractivity contribution < 1.29 is 27.5 Å². The number of amides is 1. The van der Waals surface area contributed by atoms with Gasteiger partial charge in [-0.3, -0.25) is 9.59 Å². The van der Waals surface area contributed by atoms with Crippen LogP contribution in [-0.4, -0.2) is 32.9 Å². The Morgan fingerprint density at radius 3 is 2.31 bits per heavy atom. The minimum atomic E-state index is -3.65. The lowest BCUT2D eigenvalue weighted by atomic mass is 10.1. The molecule has 29 heavy (non-hydrogen) atoms. The zero-order chi connectivity index (χ0) is 21.2. The number of benzene rings is 2. The van der Waals surface area contributed by atoms with Crippen LogP contribution < -0.4 is 19.5 Å². The van der Waals surface area contributed by atoms with Crippen molar-refractivity contribution in [3.05, 3.63) is 47.5 Å². The normalized spacial score (nSPS) is 13.8. The second kappa shape index (κ2) is 8.22. The summed E-state index contributed by atoms with van der Waals surface area (Å²) in [4.78, 5) is 24.6. The summed E-state index contributed by atoms with van der Waals surface area (Å²) in [5, 5.41) is 2.68. The molecule has 2 aromatic carbocycles. The van der Waals surface area contributed by atoms with Gasteiger partial charge in [-0.15, -0.1) is 0 Å². The van der Waals surface area contributed by atoms with Crippen LogP contribution in [0.2, 0.25) is 0 Å². The van der Waals surface area contributed by atoms with Crippen molar-refractivity contribution in [1.82, 2.24) is 4.72 Å². The first kappa shape index (κ1) is 20.8. The first-order valence-corrected chi connectivity index (χ1v) is 10.6. The van der Waals surface area contributed by atoms with Gasteiger partial charge >= 0.3 is 0 Å². The predicted molar refractivity (Wildman–Crippen MR) is 107 cm³/mol. The zero-order valence-electron chi connectivity index (χ0n) is 16.3. The molecule has 8 nitrogen and oxygen atoms in total. The number of carbonyl (C=O) groups excluding carboxylic acids is 2. The molecule has 1 aliphatic heterocycles. The summed E-state index contributed by atoms with van der Waals surface area (Å²) in [7, 11) is -3.65. The minimum Gasteiger partial charge on any atom is -0.454 e. The van der Waals surface area contributed by atoms with Gasteiger partial charge in [-0.05, 0) is 50.6 Å². The van der Waals surface area contributed by atoms with Gasteiger partial charge in [0.25, 0.3) is 5.91 Å². The van der Waals surface area contributed by atoms with E-state index in [1.165, 1.54) is 43.3 Å². The van der Waals surface area contributed by atoms with Crippen LogP contribution in [0.5, 0.6) is 11.5 Å². The van der Waals surface area contributed by atoms with E-state index >= 15 is 0 Å². The van der Waals surface area contributed by atoms with Gasteiger partial charge in [0.1, 0.15) is 0 Å². The van der Waals surface area contributed by atoms with Crippen molar-refractivity contribution in [3.8, 4) is 11.5 Å². The molecule has 0 aromatic heterocycles. The monoisotopic (exact) mass is 418 g/mol. The number of anilines is 1. The summed E-state index contributed by atoms with van der Waals surface area (Å²) in [5.41, 5.74) is 0.834. The largest absolute Gasteiger partial charge is 0.454 e. The molecule has 0 aliphatic carbocycles. The second-order valence-electron chi connectivity index (χ2n) is 6.72. The fourth-order valence-electron chi connectivity index (χ4n) is 2.73. The molecule has 9 heteroatoms. The number of fused-ring (bicyclic) bond motifs is 1. The highest BCUT2D eigenvalue weighted by atomic mass is 32.2. The van der Waals surface area contributed by atoms with Crippen molar-refractivity contribution in [2.24, 2.45) is 0 Å². The van der Waals surface area contributed by atoms with E-state index in [9.17, 15) is 18.0 Å². The maximum absolute atomic E-state index is 12.6. The van der Waals surface area contributed by atoms with Gasteiger partial charge in [0.05, 0.1) is 10.6 Å². The lowest BCUT2D eigenvalue weighted by Gasteiger charge is -2.13. The topological polar surface area (TPSA) is 111 Å². The predicted octanol–water partition coefficient (Wildman–Crippen LogP) is 2.95. The summed E-state index contributed by atoms with van der Waals surface area (Å²) in [5.74, 6) is 0.154. The van der Waals surface area contributed by atoms with Gasteiger partial charge in [0, 0.05) is 23.2 Å². The summed E-state index contributed by atoms with van der Waals surface area (Å²) in [6.07, 6.45) is 0.660. The van der Waals surface area contributed by atoms with E-state index in [1.54, 1.807) is 6.92 Å². The Kier molecular flexibility index (Phi) is 5.90. The Morgan fingerprint density at radius 2 is 1.72 bits per heavy atom. The van der Waals surface area contributed by atoms with E-state index in [2.05, 4.69) is 10.0 Å². The van der Waals surface area contributed by atoms with Crippen molar-refractivity contribution in [2.75, 3.05) is 12.1 Å². The number of ketones is 1. The van der Waals surface area contributed by atoms with Crippen LogP contribution in [0.1, 0.15) is 47.9 Å². The molecule has 1 aliphatic rings. The molecule has 3 rings (SSSR count). The Hall–Kier alpha value is -2.91. The molecule has 1 atom stereocenters. The molecule has 2 aromatic rings. The summed E-state index contributed by atoms with van der Waals surface area (Å²) in [6, 6.07) is 8.43. The smallest absolute Gasteiger partial charge is 0.255 e. The molecule has 2 N–H and O–H groups in total. The van der Waals surface area contributed by atoms with E-state index < -0.39 is 15.9 Å². The molecule has 1 heterocycles. The quantitative estimate of drug-likeness (QED) is 0.669. The van der Waals surface area contributed by atoms with Gasteiger partial charge < -0.3 is 14.8 Å². The van der Waals surface area contributed by atoms with E-state index in [4.69, 9.17) is 9.47 Å². The molecular weight excluding hydrogens is 396 g/mol. The van der Waals surface area contributed by atoms with Crippen LogP contribution >= 0.6 is 0 Å². The van der Waals surface area contributed by atoms with Gasteiger partial charge in [-0.1, -0.05) is 6.92 Å². The zero-order valence-corrected chi connectivity index (χ0v) is 17.1. The molecule has 0 radical (unpaired) electrons. The number of carbonyl (C=O) groups is 2. The van der Waals surface area contributed by atoms with E-state index in [0.717, 1.165) is 0 Å². The van der Waals surface area contributed by atoms with Gasteiger partial charge in [0.15, 0.2) is 17.3 Å². The lowest BCUT2D eigenvalue weighted by Crippen LogP contribution is -2.32. The van der Waals surface area contributed by atoms with Crippen LogP contribution in [0.25, 0.3) is 0 Å². The third-order valence-electron chi connectivity index (χ3n) is 4.54. The number of ether oxygens (including phenoxy) is 2. The molecule has 0 saturated heterocycles. The third kappa shape index (κ3) is 4.57. The van der Waals surface area contributed by atoms with Crippen LogP contribution in [0.4, 0.5) is 5.69 Å². The number of hydrogen-bond donors (Lipinski definition) is 2. The third-order valence-corrected chi connectivity index (χ3v) is 6.14. The molecule has 154 valence electrons. The van der Waals surface area contributed by atoms with Gasteiger partial charge in [-0.25, -0.2) is 13.1 Å². The SMILES string of the molecule is CCC(C)NS(=O)(=O)c1ccc(C(=O)Nc2cc3c(cc2C(C)=O)OCO3)cc1. The van der Waals surface area contributed by atoms with E-state index in [1.807, 2.05) is 6.92 Å². The summed E-state index contributed by atoms with van der Waals surface area (Å²) >= 11 is 0. The van der Waals surface area contributed by atoms with Crippen LogP contribution in [0.3, 0.4) is 0 Å². The molecule has 0 spiro atoms. The van der Waals surface area contributed by atoms with Gasteiger partial charge in [-0.2, -0.15) is 0 Å². The maximum Gasteiger partial charge on any atom is 0.255 e. The molecule has 1 amide bonds. The minimum absolute atomic E-state index is 0.0463. The number of Topliss-reactive ketones (excluding diaryl/α,β-unsaturated/α-hetero) is 1. The standard InChI is InChI=1S/C20H22N2O6S/c1-4-12(2)22-29(25,26)15-7-5-14(6-8-15)20(24)21-17-10-19-18(27-11-28-19)9-16(17)13(3)23/h5-10,12,22H,4,11H2,1-3H3,(H,21,24).